The summed E-state index contributed by atoms with van der Waals surface area (Å²) in [7, 11) is 0. The quantitative estimate of drug-likeness (QED) is 0.594. The third-order valence-electron chi connectivity index (χ3n) is 5.12. The summed E-state index contributed by atoms with van der Waals surface area (Å²) in [6, 6.07) is 1.87. The van der Waals surface area contributed by atoms with Crippen LogP contribution in [0.4, 0.5) is 0 Å². The van der Waals surface area contributed by atoms with E-state index in [4.69, 9.17) is 0 Å². The zero-order valence-corrected chi connectivity index (χ0v) is 18.6. The molecule has 1 radical (unpaired) electrons. The molecule has 0 amide bonds. The van der Waals surface area contributed by atoms with E-state index in [-0.39, 0.29) is 38.7 Å². The van der Waals surface area contributed by atoms with Gasteiger partial charge in [-0.05, 0) is 21.7 Å². The fraction of sp³-hybridized carbons (Fsp3) is 1.00. The third-order valence-corrected chi connectivity index (χ3v) is 5.12. The molecule has 0 aromatic rings. The van der Waals surface area contributed by atoms with Gasteiger partial charge in [0.1, 0.15) is 0 Å². The molecule has 0 aliphatic carbocycles. The minimum absolute atomic E-state index is 0. The molecule has 0 spiro atoms. The first-order chi connectivity index (χ1) is 9.45. The van der Waals surface area contributed by atoms with Gasteiger partial charge < -0.3 is 10.6 Å². The molecule has 1 heterocycles. The van der Waals surface area contributed by atoms with Gasteiger partial charge in [0.05, 0.1) is 0 Å². The summed E-state index contributed by atoms with van der Waals surface area (Å²) < 4.78 is 0. The molecule has 0 aromatic carbocycles. The molecule has 4 atom stereocenters. The molecule has 3 heteroatoms. The Balaban J connectivity index is 0.00000484. The van der Waals surface area contributed by atoms with Crippen molar-refractivity contribution >= 4 is 0 Å². The normalized spacial score (nSPS) is 30.8. The van der Waals surface area contributed by atoms with Gasteiger partial charge in [-0.1, -0.05) is 83.1 Å². The summed E-state index contributed by atoms with van der Waals surface area (Å²) in [6.07, 6.45) is 0. The van der Waals surface area contributed by atoms with Crippen molar-refractivity contribution in [3.05, 3.63) is 0 Å². The fourth-order valence-electron chi connectivity index (χ4n) is 3.77. The van der Waals surface area contributed by atoms with Crippen molar-refractivity contribution in [2.75, 3.05) is 0 Å². The average Bonchev–Trinajstić information content (AvgIpc) is 2.22. The minimum atomic E-state index is 0. The SMILES string of the molecule is CC(C)(C)C1NC(C(C)(C)C)C(C(C)(C)C)NC1C(C)(C)C.[Cu]. The average molecular weight is 374 g/mol. The fourth-order valence-corrected chi connectivity index (χ4v) is 3.77. The molecule has 2 N–H and O–H groups in total. The summed E-state index contributed by atoms with van der Waals surface area (Å²) in [6.45, 7) is 28.4. The van der Waals surface area contributed by atoms with E-state index in [1.54, 1.807) is 0 Å². The summed E-state index contributed by atoms with van der Waals surface area (Å²) in [5.74, 6) is 0. The number of rotatable bonds is 0. The second-order valence-corrected chi connectivity index (χ2v) is 11.7. The molecule has 1 aliphatic heterocycles. The van der Waals surface area contributed by atoms with Crippen LogP contribution in [0.2, 0.25) is 0 Å². The maximum absolute atomic E-state index is 4.08. The molecule has 1 rings (SSSR count). The second-order valence-electron chi connectivity index (χ2n) is 11.7. The van der Waals surface area contributed by atoms with E-state index in [0.29, 0.717) is 24.2 Å². The van der Waals surface area contributed by atoms with Crippen LogP contribution < -0.4 is 10.6 Å². The van der Waals surface area contributed by atoms with Crippen molar-refractivity contribution in [1.82, 2.24) is 10.6 Å². The van der Waals surface area contributed by atoms with Crippen LogP contribution in [0.15, 0.2) is 0 Å². The summed E-state index contributed by atoms with van der Waals surface area (Å²) >= 11 is 0. The number of nitrogens with one attached hydrogen (secondary N) is 2. The predicted molar refractivity (Wildman–Crippen MR) is 99.2 cm³/mol. The van der Waals surface area contributed by atoms with Gasteiger partial charge in [-0.15, -0.1) is 0 Å². The first kappa shape index (κ1) is 23.4. The molecule has 4 unspecified atom stereocenters. The number of hydrogen-bond acceptors (Lipinski definition) is 2. The Kier molecular flexibility index (Phi) is 7.11. The van der Waals surface area contributed by atoms with Crippen LogP contribution in [-0.4, -0.2) is 24.2 Å². The van der Waals surface area contributed by atoms with Crippen LogP contribution in [-0.2, 0) is 17.1 Å². The van der Waals surface area contributed by atoms with Gasteiger partial charge in [-0.25, -0.2) is 0 Å². The second kappa shape index (κ2) is 6.98. The maximum Gasteiger partial charge on any atom is 0.0278 e. The Labute approximate surface area is 156 Å². The van der Waals surface area contributed by atoms with E-state index in [9.17, 15) is 0 Å². The molecule has 1 aliphatic rings. The first-order valence-electron chi connectivity index (χ1n) is 8.98. The van der Waals surface area contributed by atoms with Gasteiger partial charge in [-0.3, -0.25) is 0 Å². The Morgan fingerprint density at radius 1 is 0.391 bits per heavy atom. The molecule has 143 valence electrons. The largest absolute Gasteiger partial charge is 0.307 e. The van der Waals surface area contributed by atoms with Crippen molar-refractivity contribution in [3.63, 3.8) is 0 Å². The molecule has 2 nitrogen and oxygen atoms in total. The van der Waals surface area contributed by atoms with Gasteiger partial charge >= 0.3 is 0 Å². The van der Waals surface area contributed by atoms with E-state index in [0.717, 1.165) is 0 Å². The topological polar surface area (TPSA) is 24.1 Å². The molecule has 1 saturated heterocycles. The molecule has 0 saturated carbocycles. The number of hydrogen-bond donors (Lipinski definition) is 2. The monoisotopic (exact) mass is 373 g/mol. The summed E-state index contributed by atoms with van der Waals surface area (Å²) in [5.41, 5.74) is 0.934. The van der Waals surface area contributed by atoms with E-state index in [1.165, 1.54) is 0 Å². The Hall–Kier alpha value is 0.439. The van der Waals surface area contributed by atoms with Crippen molar-refractivity contribution in [1.29, 1.82) is 0 Å². The zero-order chi connectivity index (χ0) is 17.7. The molecular formula is C20H42CuN2. The summed E-state index contributed by atoms with van der Waals surface area (Å²) in [5, 5.41) is 8.17. The van der Waals surface area contributed by atoms with Gasteiger partial charge in [0.2, 0.25) is 0 Å². The summed E-state index contributed by atoms with van der Waals surface area (Å²) in [4.78, 5) is 0. The van der Waals surface area contributed by atoms with E-state index < -0.39 is 0 Å². The molecule has 1 fully saturated rings. The van der Waals surface area contributed by atoms with Crippen molar-refractivity contribution < 1.29 is 17.1 Å². The number of piperazine rings is 1. The Morgan fingerprint density at radius 2 is 0.522 bits per heavy atom. The van der Waals surface area contributed by atoms with Crippen molar-refractivity contribution in [2.24, 2.45) is 21.7 Å². The maximum atomic E-state index is 4.08. The standard InChI is InChI=1S/C20H42N2.Cu/c1-17(2,3)13-14(18(4,5)6)22-16(20(10,11)12)15(21-13)19(7,8)9;/h13-16,21-22H,1-12H3;. The van der Waals surface area contributed by atoms with Crippen LogP contribution in [0.1, 0.15) is 83.1 Å². The van der Waals surface area contributed by atoms with Gasteiger partial charge in [-0.2, -0.15) is 0 Å². The van der Waals surface area contributed by atoms with Crippen LogP contribution in [0.3, 0.4) is 0 Å². The van der Waals surface area contributed by atoms with Gasteiger partial charge in [0.25, 0.3) is 0 Å². The van der Waals surface area contributed by atoms with Crippen LogP contribution in [0.5, 0.6) is 0 Å². The Morgan fingerprint density at radius 3 is 0.609 bits per heavy atom. The first-order valence-corrected chi connectivity index (χ1v) is 8.98. The molecular weight excluding hydrogens is 332 g/mol. The zero-order valence-electron chi connectivity index (χ0n) is 17.6. The van der Waals surface area contributed by atoms with Crippen LogP contribution >= 0.6 is 0 Å². The predicted octanol–water partition coefficient (Wildman–Crippen LogP) is 4.84. The van der Waals surface area contributed by atoms with Crippen LogP contribution in [0, 0.1) is 21.7 Å². The van der Waals surface area contributed by atoms with E-state index in [2.05, 4.69) is 93.7 Å². The van der Waals surface area contributed by atoms with Gasteiger partial charge in [0, 0.05) is 41.2 Å². The molecule has 23 heavy (non-hydrogen) atoms. The van der Waals surface area contributed by atoms with Crippen molar-refractivity contribution in [2.45, 2.75) is 107 Å². The van der Waals surface area contributed by atoms with Crippen molar-refractivity contribution in [3.8, 4) is 0 Å². The smallest absolute Gasteiger partial charge is 0.0278 e. The third kappa shape index (κ3) is 5.73. The molecule has 0 bridgehead atoms. The minimum Gasteiger partial charge on any atom is -0.307 e. The van der Waals surface area contributed by atoms with E-state index >= 15 is 0 Å². The molecule has 0 aromatic heterocycles. The Bertz CT molecular complexity index is 302. The van der Waals surface area contributed by atoms with Crippen LogP contribution in [0.25, 0.3) is 0 Å². The van der Waals surface area contributed by atoms with Gasteiger partial charge in [0.15, 0.2) is 0 Å². The van der Waals surface area contributed by atoms with E-state index in [1.807, 2.05) is 0 Å².